The molecule has 1 aliphatic carbocycles. The summed E-state index contributed by atoms with van der Waals surface area (Å²) in [5, 5.41) is 11.4. The molecule has 2 aliphatic heterocycles. The smallest absolute Gasteiger partial charge is 0.448 e. The van der Waals surface area contributed by atoms with Crippen LogP contribution in [0.3, 0.4) is 0 Å². The second-order valence-electron chi connectivity index (χ2n) is 10.6. The second kappa shape index (κ2) is 9.34. The number of hydrogen-bond donors (Lipinski definition) is 1. The van der Waals surface area contributed by atoms with Crippen LogP contribution in [0.1, 0.15) is 48.3 Å². The molecule has 2 fully saturated rings. The Morgan fingerprint density at radius 1 is 0.895 bits per heavy atom. The zero-order valence-corrected chi connectivity index (χ0v) is 20.7. The van der Waals surface area contributed by atoms with Gasteiger partial charge in [-0.25, -0.2) is 4.79 Å². The van der Waals surface area contributed by atoms with Crippen molar-refractivity contribution in [3.05, 3.63) is 89.5 Å². The first-order chi connectivity index (χ1) is 18.2. The Hall–Kier alpha value is -3.52. The third kappa shape index (κ3) is 4.62. The van der Waals surface area contributed by atoms with Gasteiger partial charge in [0.1, 0.15) is 12.4 Å². The normalized spacial score (nSPS) is 24.2. The minimum Gasteiger partial charge on any atom is -0.448 e. The highest BCUT2D eigenvalue weighted by Gasteiger charge is 2.50. The van der Waals surface area contributed by atoms with Crippen molar-refractivity contribution in [3.8, 4) is 16.9 Å². The van der Waals surface area contributed by atoms with Crippen LogP contribution in [0.15, 0.2) is 72.8 Å². The van der Waals surface area contributed by atoms with Gasteiger partial charge in [0.15, 0.2) is 0 Å². The Bertz CT molecular complexity index is 1300. The molecule has 6 rings (SSSR count). The SMILES string of the molecule is O=C(OCC1c2ccccc2-c2ccccc21)N1C2CCC1CC(O)(Cc1ccccc1OC(F)(F)F)C2. The molecule has 0 radical (unpaired) electrons. The van der Waals surface area contributed by atoms with Crippen molar-refractivity contribution in [2.45, 2.75) is 62.1 Å². The van der Waals surface area contributed by atoms with E-state index >= 15 is 0 Å². The molecule has 2 saturated heterocycles. The summed E-state index contributed by atoms with van der Waals surface area (Å²) in [6, 6.07) is 21.7. The number of para-hydroxylation sites is 1. The van der Waals surface area contributed by atoms with E-state index in [1.165, 1.54) is 12.1 Å². The van der Waals surface area contributed by atoms with Crippen LogP contribution < -0.4 is 4.74 Å². The molecular weight excluding hydrogens is 495 g/mol. The fourth-order valence-corrected chi connectivity index (χ4v) is 6.66. The van der Waals surface area contributed by atoms with Gasteiger partial charge in [0, 0.05) is 24.4 Å². The molecule has 1 amide bonds. The number of benzene rings is 3. The topological polar surface area (TPSA) is 59.0 Å². The van der Waals surface area contributed by atoms with Gasteiger partial charge in [-0.15, -0.1) is 13.2 Å². The van der Waals surface area contributed by atoms with Gasteiger partial charge in [-0.05, 0) is 59.6 Å². The molecule has 8 heteroatoms. The maximum absolute atomic E-state index is 13.3. The van der Waals surface area contributed by atoms with Gasteiger partial charge in [-0.1, -0.05) is 66.7 Å². The summed E-state index contributed by atoms with van der Waals surface area (Å²) < 4.78 is 48.7. The minimum atomic E-state index is -4.81. The van der Waals surface area contributed by atoms with Crippen LogP contribution in [0.25, 0.3) is 11.1 Å². The van der Waals surface area contributed by atoms with Gasteiger partial charge < -0.3 is 19.5 Å². The number of amides is 1. The monoisotopic (exact) mass is 523 g/mol. The molecule has 2 bridgehead atoms. The first-order valence-electron chi connectivity index (χ1n) is 12.9. The molecule has 2 atom stereocenters. The van der Waals surface area contributed by atoms with Crippen molar-refractivity contribution in [3.63, 3.8) is 0 Å². The molecule has 2 unspecified atom stereocenters. The lowest BCUT2D eigenvalue weighted by Gasteiger charge is -2.43. The summed E-state index contributed by atoms with van der Waals surface area (Å²) in [5.74, 6) is -0.351. The Kier molecular flexibility index (Phi) is 6.10. The summed E-state index contributed by atoms with van der Waals surface area (Å²) in [4.78, 5) is 15.0. The van der Waals surface area contributed by atoms with Gasteiger partial charge in [-0.2, -0.15) is 0 Å². The van der Waals surface area contributed by atoms with E-state index in [0.29, 0.717) is 5.56 Å². The number of alkyl halides is 3. The van der Waals surface area contributed by atoms with E-state index in [1.54, 1.807) is 17.0 Å². The largest absolute Gasteiger partial charge is 0.573 e. The van der Waals surface area contributed by atoms with E-state index in [9.17, 15) is 23.1 Å². The number of carbonyl (C=O) groups is 1. The van der Waals surface area contributed by atoms with E-state index in [-0.39, 0.29) is 49.6 Å². The van der Waals surface area contributed by atoms with E-state index in [2.05, 4.69) is 29.0 Å². The van der Waals surface area contributed by atoms with Crippen molar-refractivity contribution in [2.75, 3.05) is 6.61 Å². The molecule has 2 heterocycles. The van der Waals surface area contributed by atoms with Crippen molar-refractivity contribution >= 4 is 6.09 Å². The van der Waals surface area contributed by atoms with Gasteiger partial charge in [0.25, 0.3) is 0 Å². The van der Waals surface area contributed by atoms with Crippen LogP contribution in [0.2, 0.25) is 0 Å². The van der Waals surface area contributed by atoms with Crippen LogP contribution >= 0.6 is 0 Å². The lowest BCUT2D eigenvalue weighted by atomic mass is 9.81. The van der Waals surface area contributed by atoms with Crippen LogP contribution in [-0.4, -0.2) is 46.8 Å². The number of aliphatic hydroxyl groups is 1. The number of nitrogens with zero attached hydrogens (tertiary/aromatic N) is 1. The third-order valence-electron chi connectivity index (χ3n) is 8.12. The molecule has 5 nitrogen and oxygen atoms in total. The quantitative estimate of drug-likeness (QED) is 0.419. The van der Waals surface area contributed by atoms with Crippen molar-refractivity contribution in [1.29, 1.82) is 0 Å². The van der Waals surface area contributed by atoms with E-state index < -0.39 is 18.1 Å². The summed E-state index contributed by atoms with van der Waals surface area (Å²) in [7, 11) is 0. The fraction of sp³-hybridized carbons (Fsp3) is 0.367. The molecule has 0 spiro atoms. The molecule has 1 N–H and O–H groups in total. The van der Waals surface area contributed by atoms with Gasteiger partial charge >= 0.3 is 12.5 Å². The standard InChI is InChI=1S/C30H28F3NO4/c31-30(32,33)38-27-12-6-1-7-19(27)15-29(36)16-20-13-14-21(17-29)34(20)28(35)37-18-26-24-10-4-2-8-22(24)23-9-3-5-11-25(23)26/h1-12,20-21,26,36H,13-18H2. The summed E-state index contributed by atoms with van der Waals surface area (Å²) in [6.07, 6.45) is -3.21. The van der Waals surface area contributed by atoms with Gasteiger partial charge in [-0.3, -0.25) is 0 Å². The predicted molar refractivity (Wildman–Crippen MR) is 135 cm³/mol. The zero-order valence-electron chi connectivity index (χ0n) is 20.7. The number of carbonyl (C=O) groups excluding carboxylic acids is 1. The van der Waals surface area contributed by atoms with E-state index in [0.717, 1.165) is 35.1 Å². The minimum absolute atomic E-state index is 0.0186. The highest BCUT2D eigenvalue weighted by molar-refractivity contribution is 5.79. The van der Waals surface area contributed by atoms with Crippen LogP contribution in [0.4, 0.5) is 18.0 Å². The van der Waals surface area contributed by atoms with Crippen molar-refractivity contribution in [1.82, 2.24) is 4.90 Å². The number of fused-ring (bicyclic) bond motifs is 5. The first kappa shape index (κ1) is 24.8. The molecule has 0 aromatic heterocycles. The lowest BCUT2D eigenvalue weighted by Crippen LogP contribution is -2.54. The van der Waals surface area contributed by atoms with Crippen molar-refractivity contribution < 1.29 is 32.5 Å². The van der Waals surface area contributed by atoms with E-state index in [4.69, 9.17) is 4.74 Å². The first-order valence-corrected chi connectivity index (χ1v) is 12.9. The van der Waals surface area contributed by atoms with Gasteiger partial charge in [0.2, 0.25) is 0 Å². The zero-order chi connectivity index (χ0) is 26.5. The fourth-order valence-electron chi connectivity index (χ4n) is 6.66. The number of hydrogen-bond acceptors (Lipinski definition) is 4. The molecular formula is C30H28F3NO4. The van der Waals surface area contributed by atoms with Gasteiger partial charge in [0.05, 0.1) is 5.60 Å². The maximum Gasteiger partial charge on any atom is 0.573 e. The maximum atomic E-state index is 13.3. The number of rotatable bonds is 5. The highest BCUT2D eigenvalue weighted by atomic mass is 19.4. The number of halogens is 3. The Labute approximate surface area is 218 Å². The summed E-state index contributed by atoms with van der Waals surface area (Å²) in [5.41, 5.74) is 3.64. The van der Waals surface area contributed by atoms with Crippen LogP contribution in [0, 0.1) is 0 Å². The third-order valence-corrected chi connectivity index (χ3v) is 8.12. The molecule has 198 valence electrons. The number of ether oxygens (including phenoxy) is 2. The van der Waals surface area contributed by atoms with Crippen LogP contribution in [-0.2, 0) is 11.2 Å². The Balaban J connectivity index is 1.14. The van der Waals surface area contributed by atoms with Crippen molar-refractivity contribution in [2.24, 2.45) is 0 Å². The Morgan fingerprint density at radius 2 is 1.45 bits per heavy atom. The second-order valence-corrected chi connectivity index (χ2v) is 10.6. The molecule has 3 aromatic carbocycles. The number of piperidine rings is 1. The predicted octanol–water partition coefficient (Wildman–Crippen LogP) is 6.43. The summed E-state index contributed by atoms with van der Waals surface area (Å²) in [6.45, 7) is 0.217. The summed E-state index contributed by atoms with van der Waals surface area (Å²) >= 11 is 0. The van der Waals surface area contributed by atoms with Crippen LogP contribution in [0.5, 0.6) is 5.75 Å². The lowest BCUT2D eigenvalue weighted by molar-refractivity contribution is -0.275. The molecule has 0 saturated carbocycles. The molecule has 38 heavy (non-hydrogen) atoms. The highest BCUT2D eigenvalue weighted by Crippen LogP contribution is 2.46. The van der Waals surface area contributed by atoms with E-state index in [1.807, 2.05) is 24.3 Å². The molecule has 3 aliphatic rings. The average Bonchev–Trinajstić information content (AvgIpc) is 3.35. The Morgan fingerprint density at radius 3 is 2.05 bits per heavy atom. The molecule has 3 aromatic rings. The average molecular weight is 524 g/mol.